The molecule has 2 aromatic rings. The van der Waals surface area contributed by atoms with Crippen LogP contribution in [-0.2, 0) is 0 Å². The Labute approximate surface area is 177 Å². The summed E-state index contributed by atoms with van der Waals surface area (Å²) in [6.45, 7) is 2.31. The van der Waals surface area contributed by atoms with Crippen LogP contribution in [-0.4, -0.2) is 6.61 Å². The van der Waals surface area contributed by atoms with Gasteiger partial charge in [-0.2, -0.15) is 0 Å². The van der Waals surface area contributed by atoms with E-state index in [1.807, 2.05) is 25.1 Å². The van der Waals surface area contributed by atoms with E-state index in [-0.39, 0.29) is 23.4 Å². The SMILES string of the molecule is Cc1ccc(OCC2CCC(c3ccc(C4CCCCC4)c(F)c3F)CC2)c(F)c1. The van der Waals surface area contributed by atoms with E-state index in [0.29, 0.717) is 23.7 Å². The lowest BCUT2D eigenvalue weighted by molar-refractivity contribution is 0.193. The minimum Gasteiger partial charge on any atom is -0.490 e. The zero-order chi connectivity index (χ0) is 21.1. The Morgan fingerprint density at radius 3 is 1.97 bits per heavy atom. The van der Waals surface area contributed by atoms with Gasteiger partial charge in [-0.05, 0) is 92.0 Å². The molecule has 2 aliphatic rings. The molecular formula is C26H31F3O. The van der Waals surface area contributed by atoms with E-state index in [9.17, 15) is 13.2 Å². The normalized spacial score (nSPS) is 22.8. The molecule has 162 valence electrons. The highest BCUT2D eigenvalue weighted by Crippen LogP contribution is 2.40. The van der Waals surface area contributed by atoms with Crippen molar-refractivity contribution in [1.29, 1.82) is 0 Å². The van der Waals surface area contributed by atoms with Gasteiger partial charge < -0.3 is 4.74 Å². The molecule has 0 N–H and O–H groups in total. The molecule has 0 radical (unpaired) electrons. The highest BCUT2D eigenvalue weighted by molar-refractivity contribution is 5.32. The topological polar surface area (TPSA) is 9.23 Å². The fraction of sp³-hybridized carbons (Fsp3) is 0.538. The molecular weight excluding hydrogens is 385 g/mol. The van der Waals surface area contributed by atoms with Gasteiger partial charge in [0, 0.05) is 0 Å². The van der Waals surface area contributed by atoms with Crippen LogP contribution in [0.3, 0.4) is 0 Å². The van der Waals surface area contributed by atoms with Gasteiger partial charge in [-0.15, -0.1) is 0 Å². The summed E-state index contributed by atoms with van der Waals surface area (Å²) >= 11 is 0. The molecule has 0 heterocycles. The van der Waals surface area contributed by atoms with Crippen LogP contribution in [0.5, 0.6) is 5.75 Å². The van der Waals surface area contributed by atoms with Gasteiger partial charge in [-0.3, -0.25) is 0 Å². The van der Waals surface area contributed by atoms with Crippen LogP contribution in [0, 0.1) is 30.3 Å². The predicted molar refractivity (Wildman–Crippen MR) is 114 cm³/mol. The number of halogens is 3. The van der Waals surface area contributed by atoms with E-state index >= 15 is 0 Å². The van der Waals surface area contributed by atoms with Crippen molar-refractivity contribution in [2.75, 3.05) is 6.61 Å². The second kappa shape index (κ2) is 9.45. The summed E-state index contributed by atoms with van der Waals surface area (Å²) in [5.74, 6) is -0.784. The van der Waals surface area contributed by atoms with Gasteiger partial charge in [0.15, 0.2) is 23.2 Å². The molecule has 2 fully saturated rings. The summed E-state index contributed by atoms with van der Waals surface area (Å²) in [5.41, 5.74) is 1.96. The minimum absolute atomic E-state index is 0.0484. The third kappa shape index (κ3) is 4.68. The van der Waals surface area contributed by atoms with Crippen LogP contribution in [0.4, 0.5) is 13.2 Å². The third-order valence-corrected chi connectivity index (χ3v) is 7.04. The second-order valence-corrected chi connectivity index (χ2v) is 9.17. The molecule has 0 saturated heterocycles. The molecule has 1 nitrogen and oxygen atoms in total. The smallest absolute Gasteiger partial charge is 0.165 e. The Balaban J connectivity index is 1.35. The van der Waals surface area contributed by atoms with Gasteiger partial charge in [-0.1, -0.05) is 37.5 Å². The lowest BCUT2D eigenvalue weighted by Crippen LogP contribution is -2.20. The lowest BCUT2D eigenvalue weighted by Gasteiger charge is -2.30. The summed E-state index contributed by atoms with van der Waals surface area (Å²) in [4.78, 5) is 0. The first-order valence-electron chi connectivity index (χ1n) is 11.4. The largest absolute Gasteiger partial charge is 0.490 e. The first kappa shape index (κ1) is 21.3. The van der Waals surface area contributed by atoms with E-state index in [2.05, 4.69) is 0 Å². The van der Waals surface area contributed by atoms with Gasteiger partial charge in [0.05, 0.1) is 6.61 Å². The molecule has 2 aromatic carbocycles. The van der Waals surface area contributed by atoms with Crippen molar-refractivity contribution >= 4 is 0 Å². The van der Waals surface area contributed by atoms with Crippen molar-refractivity contribution in [2.45, 2.75) is 76.5 Å². The number of rotatable bonds is 5. The monoisotopic (exact) mass is 416 g/mol. The second-order valence-electron chi connectivity index (χ2n) is 9.17. The van der Waals surface area contributed by atoms with Gasteiger partial charge in [-0.25, -0.2) is 13.2 Å². The maximum atomic E-state index is 14.9. The molecule has 0 amide bonds. The average Bonchev–Trinajstić information content (AvgIpc) is 2.76. The maximum Gasteiger partial charge on any atom is 0.165 e. The van der Waals surface area contributed by atoms with Crippen LogP contribution < -0.4 is 4.74 Å². The summed E-state index contributed by atoms with van der Waals surface area (Å²) < 4.78 is 49.4. The molecule has 2 saturated carbocycles. The van der Waals surface area contributed by atoms with Crippen molar-refractivity contribution < 1.29 is 17.9 Å². The Morgan fingerprint density at radius 2 is 1.37 bits per heavy atom. The van der Waals surface area contributed by atoms with Crippen molar-refractivity contribution in [3.05, 3.63) is 64.5 Å². The van der Waals surface area contributed by atoms with Crippen molar-refractivity contribution in [3.8, 4) is 5.75 Å². The highest BCUT2D eigenvalue weighted by atomic mass is 19.2. The van der Waals surface area contributed by atoms with Crippen molar-refractivity contribution in [2.24, 2.45) is 5.92 Å². The van der Waals surface area contributed by atoms with E-state index < -0.39 is 11.6 Å². The predicted octanol–water partition coefficient (Wildman–Crippen LogP) is 7.81. The summed E-state index contributed by atoms with van der Waals surface area (Å²) in [6.07, 6.45) is 8.70. The van der Waals surface area contributed by atoms with Crippen LogP contribution in [0.25, 0.3) is 0 Å². The van der Waals surface area contributed by atoms with E-state index in [1.165, 1.54) is 12.5 Å². The number of ether oxygens (including phenoxy) is 1. The number of aryl methyl sites for hydroxylation is 1. The van der Waals surface area contributed by atoms with E-state index in [4.69, 9.17) is 4.74 Å². The van der Waals surface area contributed by atoms with Crippen LogP contribution in [0.1, 0.15) is 86.3 Å². The highest BCUT2D eigenvalue weighted by Gasteiger charge is 2.28. The molecule has 4 heteroatoms. The Morgan fingerprint density at radius 1 is 0.767 bits per heavy atom. The molecule has 0 aromatic heterocycles. The fourth-order valence-electron chi connectivity index (χ4n) is 5.19. The molecule has 30 heavy (non-hydrogen) atoms. The Hall–Kier alpha value is -1.97. The van der Waals surface area contributed by atoms with Crippen LogP contribution >= 0.6 is 0 Å². The molecule has 0 unspecified atom stereocenters. The Kier molecular flexibility index (Phi) is 6.70. The first-order chi connectivity index (χ1) is 14.5. The van der Waals surface area contributed by atoms with Gasteiger partial charge in [0.2, 0.25) is 0 Å². The van der Waals surface area contributed by atoms with Crippen molar-refractivity contribution in [3.63, 3.8) is 0 Å². The quantitative estimate of drug-likeness (QED) is 0.483. The molecule has 0 atom stereocenters. The molecule has 0 bridgehead atoms. The van der Waals surface area contributed by atoms with E-state index in [1.54, 1.807) is 6.07 Å². The summed E-state index contributed by atoms with van der Waals surface area (Å²) in [7, 11) is 0. The maximum absolute atomic E-state index is 14.9. The zero-order valence-electron chi connectivity index (χ0n) is 17.7. The van der Waals surface area contributed by atoms with Gasteiger partial charge >= 0.3 is 0 Å². The van der Waals surface area contributed by atoms with Gasteiger partial charge in [0.1, 0.15) is 0 Å². The summed E-state index contributed by atoms with van der Waals surface area (Å²) in [6, 6.07) is 8.64. The van der Waals surface area contributed by atoms with Crippen LogP contribution in [0.15, 0.2) is 30.3 Å². The summed E-state index contributed by atoms with van der Waals surface area (Å²) in [5, 5.41) is 0. The molecule has 2 aliphatic carbocycles. The lowest BCUT2D eigenvalue weighted by atomic mass is 9.77. The zero-order valence-corrected chi connectivity index (χ0v) is 17.7. The third-order valence-electron chi connectivity index (χ3n) is 7.04. The Bertz CT molecular complexity index is 865. The first-order valence-corrected chi connectivity index (χ1v) is 11.4. The standard InChI is InChI=1S/C26H31F3O/c1-17-7-14-24(23(27)15-17)30-16-18-8-10-20(11-9-18)22-13-12-21(25(28)26(22)29)19-5-3-2-4-6-19/h7,12-15,18-20H,2-6,8-11,16H2,1H3. The van der Waals surface area contributed by atoms with E-state index in [0.717, 1.165) is 56.9 Å². The van der Waals surface area contributed by atoms with Gasteiger partial charge in [0.25, 0.3) is 0 Å². The average molecular weight is 417 g/mol. The van der Waals surface area contributed by atoms with Crippen molar-refractivity contribution in [1.82, 2.24) is 0 Å². The fourth-order valence-corrected chi connectivity index (χ4v) is 5.19. The van der Waals surface area contributed by atoms with Crippen LogP contribution in [0.2, 0.25) is 0 Å². The number of hydrogen-bond donors (Lipinski definition) is 0. The molecule has 0 spiro atoms. The number of benzene rings is 2. The number of hydrogen-bond acceptors (Lipinski definition) is 1. The minimum atomic E-state index is -0.639. The molecule has 0 aliphatic heterocycles. The molecule has 4 rings (SSSR count).